The largest absolute Gasteiger partial charge is 0.508 e. The van der Waals surface area contributed by atoms with Gasteiger partial charge < -0.3 is 14.9 Å². The van der Waals surface area contributed by atoms with Crippen LogP contribution in [0.1, 0.15) is 38.7 Å². The fourth-order valence-electron chi connectivity index (χ4n) is 2.69. The number of hydrogen-bond donors (Lipinski definition) is 2. The van der Waals surface area contributed by atoms with Crippen molar-refractivity contribution in [2.75, 3.05) is 6.54 Å². The quantitative estimate of drug-likeness (QED) is 0.877. The second kappa shape index (κ2) is 5.87. The molecule has 0 unspecified atom stereocenters. The van der Waals surface area contributed by atoms with E-state index < -0.39 is 23.7 Å². The maximum absolute atomic E-state index is 12.2. The maximum atomic E-state index is 12.2. The van der Waals surface area contributed by atoms with Crippen LogP contribution in [-0.4, -0.2) is 45.4 Å². The Kier molecular flexibility index (Phi) is 4.30. The molecule has 1 aromatic carbocycles. The number of aliphatic carboxylic acids is 1. The average molecular weight is 307 g/mol. The van der Waals surface area contributed by atoms with Gasteiger partial charge in [-0.2, -0.15) is 0 Å². The smallest absolute Gasteiger partial charge is 0.411 e. The first-order valence-electron chi connectivity index (χ1n) is 7.20. The predicted octanol–water partition coefficient (Wildman–Crippen LogP) is 2.57. The van der Waals surface area contributed by atoms with Crippen molar-refractivity contribution in [1.29, 1.82) is 0 Å². The van der Waals surface area contributed by atoms with Crippen LogP contribution in [0.4, 0.5) is 4.79 Å². The summed E-state index contributed by atoms with van der Waals surface area (Å²) in [5.41, 5.74) is 0.118. The number of phenols is 1. The Bertz CT molecular complexity index is 561. The number of rotatable bonds is 2. The Morgan fingerprint density at radius 1 is 1.23 bits per heavy atom. The normalized spacial score (nSPS) is 21.7. The van der Waals surface area contributed by atoms with Gasteiger partial charge in [-0.15, -0.1) is 0 Å². The molecule has 120 valence electrons. The third kappa shape index (κ3) is 3.50. The molecule has 0 aromatic heterocycles. The van der Waals surface area contributed by atoms with Crippen LogP contribution in [0.2, 0.25) is 0 Å². The Morgan fingerprint density at radius 3 is 2.32 bits per heavy atom. The van der Waals surface area contributed by atoms with Crippen molar-refractivity contribution < 1.29 is 24.5 Å². The highest BCUT2D eigenvalue weighted by Crippen LogP contribution is 2.35. The van der Waals surface area contributed by atoms with Crippen LogP contribution in [0, 0.1) is 0 Å². The molecule has 2 rings (SSSR count). The first kappa shape index (κ1) is 16.1. The monoisotopic (exact) mass is 307 g/mol. The van der Waals surface area contributed by atoms with Gasteiger partial charge in [-0.3, -0.25) is 4.90 Å². The summed E-state index contributed by atoms with van der Waals surface area (Å²) < 4.78 is 5.29. The molecule has 0 radical (unpaired) electrons. The number of carbonyl (C=O) groups excluding carboxylic acids is 1. The van der Waals surface area contributed by atoms with E-state index in [0.717, 1.165) is 5.56 Å². The van der Waals surface area contributed by atoms with Gasteiger partial charge in [0.1, 0.15) is 17.4 Å². The van der Waals surface area contributed by atoms with Crippen LogP contribution < -0.4 is 0 Å². The van der Waals surface area contributed by atoms with Crippen LogP contribution in [-0.2, 0) is 9.53 Å². The molecule has 22 heavy (non-hydrogen) atoms. The number of aromatic hydroxyl groups is 1. The van der Waals surface area contributed by atoms with Crippen molar-refractivity contribution in [2.45, 2.75) is 44.8 Å². The lowest BCUT2D eigenvalue weighted by atomic mass is 9.92. The van der Waals surface area contributed by atoms with E-state index in [1.54, 1.807) is 32.9 Å². The summed E-state index contributed by atoms with van der Waals surface area (Å²) >= 11 is 0. The van der Waals surface area contributed by atoms with Gasteiger partial charge >= 0.3 is 12.1 Å². The van der Waals surface area contributed by atoms with Gasteiger partial charge in [0.25, 0.3) is 0 Å². The summed E-state index contributed by atoms with van der Waals surface area (Å²) in [6.45, 7) is 5.56. The molecule has 1 saturated heterocycles. The van der Waals surface area contributed by atoms with Crippen molar-refractivity contribution in [3.63, 3.8) is 0 Å². The highest BCUT2D eigenvalue weighted by Gasteiger charge is 2.44. The number of carboxylic acids is 1. The second-order valence-electron chi connectivity index (χ2n) is 6.44. The molecule has 6 nitrogen and oxygen atoms in total. The molecule has 0 aliphatic carbocycles. The van der Waals surface area contributed by atoms with Crippen LogP contribution in [0.25, 0.3) is 0 Å². The number of carbonyl (C=O) groups is 2. The van der Waals surface area contributed by atoms with E-state index in [1.807, 2.05) is 0 Å². The standard InChI is InChI=1S/C16H21NO5/c1-16(2,3)22-15(21)17-9-8-12(13(17)14(19)20)10-4-6-11(18)7-5-10/h4-7,12-13,18H,8-9H2,1-3H3,(H,19,20)/t12-,13+/m1/s1. The lowest BCUT2D eigenvalue weighted by molar-refractivity contribution is -0.142. The van der Waals surface area contributed by atoms with Gasteiger partial charge in [0, 0.05) is 12.5 Å². The minimum Gasteiger partial charge on any atom is -0.508 e. The molecule has 1 aromatic rings. The first-order chi connectivity index (χ1) is 10.2. The molecule has 1 amide bonds. The van der Waals surface area contributed by atoms with Crippen molar-refractivity contribution in [3.8, 4) is 5.75 Å². The summed E-state index contributed by atoms with van der Waals surface area (Å²) in [7, 11) is 0. The number of hydrogen-bond acceptors (Lipinski definition) is 4. The number of amides is 1. The zero-order valence-electron chi connectivity index (χ0n) is 12.9. The summed E-state index contributed by atoms with van der Waals surface area (Å²) in [6, 6.07) is 5.46. The number of carboxylic acid groups (broad SMARTS) is 1. The van der Waals surface area contributed by atoms with E-state index >= 15 is 0 Å². The zero-order chi connectivity index (χ0) is 16.5. The first-order valence-corrected chi connectivity index (χ1v) is 7.20. The van der Waals surface area contributed by atoms with Gasteiger partial charge in [-0.1, -0.05) is 12.1 Å². The summed E-state index contributed by atoms with van der Waals surface area (Å²) in [4.78, 5) is 25.1. The van der Waals surface area contributed by atoms with Crippen LogP contribution in [0.5, 0.6) is 5.75 Å². The minimum absolute atomic E-state index is 0.123. The topological polar surface area (TPSA) is 87.1 Å². The highest BCUT2D eigenvalue weighted by molar-refractivity contribution is 5.82. The number of likely N-dealkylation sites (tertiary alicyclic amines) is 1. The van der Waals surface area contributed by atoms with Crippen molar-refractivity contribution >= 4 is 12.1 Å². The summed E-state index contributed by atoms with van der Waals surface area (Å²) in [6.07, 6.45) is -0.0674. The van der Waals surface area contributed by atoms with Gasteiger partial charge in [0.05, 0.1) is 0 Å². The van der Waals surface area contributed by atoms with E-state index in [0.29, 0.717) is 13.0 Å². The maximum Gasteiger partial charge on any atom is 0.411 e. The number of benzene rings is 1. The van der Waals surface area contributed by atoms with Gasteiger partial charge in [-0.05, 0) is 44.9 Å². The Hall–Kier alpha value is -2.24. The molecule has 1 heterocycles. The Labute approximate surface area is 129 Å². The third-order valence-corrected chi connectivity index (χ3v) is 3.60. The van der Waals surface area contributed by atoms with Crippen LogP contribution in [0.3, 0.4) is 0 Å². The fourth-order valence-corrected chi connectivity index (χ4v) is 2.69. The van der Waals surface area contributed by atoms with Crippen LogP contribution >= 0.6 is 0 Å². The predicted molar refractivity (Wildman–Crippen MR) is 79.8 cm³/mol. The molecule has 6 heteroatoms. The van der Waals surface area contributed by atoms with E-state index in [9.17, 15) is 19.8 Å². The highest BCUT2D eigenvalue weighted by atomic mass is 16.6. The molecule has 1 aliphatic heterocycles. The van der Waals surface area contributed by atoms with E-state index in [-0.39, 0.29) is 11.7 Å². The zero-order valence-corrected chi connectivity index (χ0v) is 12.9. The molecule has 2 atom stereocenters. The van der Waals surface area contributed by atoms with Crippen molar-refractivity contribution in [2.24, 2.45) is 0 Å². The average Bonchev–Trinajstić information content (AvgIpc) is 2.82. The van der Waals surface area contributed by atoms with E-state index in [2.05, 4.69) is 0 Å². The molecule has 0 saturated carbocycles. The second-order valence-corrected chi connectivity index (χ2v) is 6.44. The lowest BCUT2D eigenvalue weighted by Crippen LogP contribution is -2.45. The molecule has 1 fully saturated rings. The molecule has 0 bridgehead atoms. The SMILES string of the molecule is CC(C)(C)OC(=O)N1CC[C@H](c2ccc(O)cc2)[C@H]1C(=O)O. The van der Waals surface area contributed by atoms with E-state index in [4.69, 9.17) is 4.74 Å². The fraction of sp³-hybridized carbons (Fsp3) is 0.500. The third-order valence-electron chi connectivity index (χ3n) is 3.60. The number of ether oxygens (including phenoxy) is 1. The Balaban J connectivity index is 2.23. The molecule has 1 aliphatic rings. The molecule has 0 spiro atoms. The molecular formula is C16H21NO5. The lowest BCUT2D eigenvalue weighted by Gasteiger charge is -2.28. The summed E-state index contributed by atoms with van der Waals surface area (Å²) in [5.74, 6) is -1.25. The van der Waals surface area contributed by atoms with E-state index in [1.165, 1.54) is 17.0 Å². The van der Waals surface area contributed by atoms with Crippen LogP contribution in [0.15, 0.2) is 24.3 Å². The number of nitrogens with zero attached hydrogens (tertiary/aromatic N) is 1. The molecule has 2 N–H and O–H groups in total. The van der Waals surface area contributed by atoms with Crippen molar-refractivity contribution in [1.82, 2.24) is 4.90 Å². The molecular weight excluding hydrogens is 286 g/mol. The van der Waals surface area contributed by atoms with Gasteiger partial charge in [-0.25, -0.2) is 9.59 Å². The summed E-state index contributed by atoms with van der Waals surface area (Å²) in [5, 5.41) is 18.9. The Morgan fingerprint density at radius 2 is 1.82 bits per heavy atom. The van der Waals surface area contributed by atoms with Crippen molar-refractivity contribution in [3.05, 3.63) is 29.8 Å². The van der Waals surface area contributed by atoms with Gasteiger partial charge in [0.15, 0.2) is 0 Å². The minimum atomic E-state index is -1.05. The van der Waals surface area contributed by atoms with Gasteiger partial charge in [0.2, 0.25) is 0 Å². The number of phenolic OH excluding ortho intramolecular Hbond substituents is 1.